The average molecular weight is 461 g/mol. The van der Waals surface area contributed by atoms with Crippen LogP contribution in [0.2, 0.25) is 0 Å². The van der Waals surface area contributed by atoms with Crippen LogP contribution in [0.3, 0.4) is 0 Å². The summed E-state index contributed by atoms with van der Waals surface area (Å²) >= 11 is 0. The fourth-order valence-corrected chi connectivity index (χ4v) is 6.67. The molecule has 3 saturated heterocycles. The number of ether oxygens (including phenoxy) is 1. The molecular weight excluding hydrogens is 424 g/mol. The smallest absolute Gasteiger partial charge is 0.233 e. The van der Waals surface area contributed by atoms with E-state index in [4.69, 9.17) is 4.74 Å². The van der Waals surface area contributed by atoms with E-state index in [1.54, 1.807) is 0 Å². The molecule has 2 aromatic carbocycles. The Morgan fingerprint density at radius 3 is 2.26 bits per heavy atom. The Kier molecular flexibility index (Phi) is 6.24. The third-order valence-electron chi connectivity index (χ3n) is 8.53. The first-order valence-corrected chi connectivity index (χ1v) is 12.7. The van der Waals surface area contributed by atoms with Crippen LogP contribution in [0.25, 0.3) is 0 Å². The van der Waals surface area contributed by atoms with Crippen LogP contribution in [0, 0.1) is 19.3 Å². The molecule has 0 unspecified atom stereocenters. The van der Waals surface area contributed by atoms with Crippen molar-refractivity contribution in [3.63, 3.8) is 0 Å². The molecule has 3 aliphatic heterocycles. The maximum atomic E-state index is 14.2. The van der Waals surface area contributed by atoms with Crippen molar-refractivity contribution < 1.29 is 14.3 Å². The van der Waals surface area contributed by atoms with E-state index < -0.39 is 5.41 Å². The molecule has 3 aliphatic rings. The molecule has 0 radical (unpaired) electrons. The maximum Gasteiger partial charge on any atom is 0.233 e. The Bertz CT molecular complexity index is 1030. The molecule has 34 heavy (non-hydrogen) atoms. The molecule has 5 heteroatoms. The molecule has 3 heterocycles. The SMILES string of the molecule is Cc1cc(C)cc(C2(C(=O)N3CCC4(CC3)CC(=O)NC[C@H]4c3ccccc3)CCOCC2)c1. The summed E-state index contributed by atoms with van der Waals surface area (Å²) in [4.78, 5) is 28.7. The van der Waals surface area contributed by atoms with E-state index in [1.807, 2.05) is 6.07 Å². The standard InChI is InChI=1S/C29H36N2O3/c1-21-16-22(2)18-24(17-21)29(10-14-34-15-11-29)27(33)31-12-8-28(9-13-31)19-26(32)30-20-25(28)23-6-4-3-5-7-23/h3-7,16-18,25H,8-15,19-20H2,1-2H3,(H,30,32)/t25-/m0/s1. The largest absolute Gasteiger partial charge is 0.381 e. The van der Waals surface area contributed by atoms with Crippen molar-refractivity contribution in [2.45, 2.75) is 57.3 Å². The third kappa shape index (κ3) is 4.15. The first-order valence-electron chi connectivity index (χ1n) is 12.7. The number of rotatable bonds is 3. The van der Waals surface area contributed by atoms with E-state index in [0.29, 0.717) is 45.2 Å². The van der Waals surface area contributed by atoms with Crippen LogP contribution in [0.1, 0.15) is 60.3 Å². The first kappa shape index (κ1) is 23.1. The summed E-state index contributed by atoms with van der Waals surface area (Å²) in [6.07, 6.45) is 3.73. The van der Waals surface area contributed by atoms with Gasteiger partial charge in [0, 0.05) is 45.2 Å². The lowest BCUT2D eigenvalue weighted by atomic mass is 9.62. The van der Waals surface area contributed by atoms with Crippen LogP contribution in [-0.4, -0.2) is 49.6 Å². The van der Waals surface area contributed by atoms with Gasteiger partial charge in [0.2, 0.25) is 11.8 Å². The molecule has 2 aromatic rings. The van der Waals surface area contributed by atoms with E-state index in [9.17, 15) is 9.59 Å². The number of hydrogen-bond donors (Lipinski definition) is 1. The second kappa shape index (κ2) is 9.18. The molecule has 1 N–H and O–H groups in total. The van der Waals surface area contributed by atoms with Gasteiger partial charge in [0.15, 0.2) is 0 Å². The highest BCUT2D eigenvalue weighted by atomic mass is 16.5. The van der Waals surface area contributed by atoms with Crippen molar-refractivity contribution in [2.75, 3.05) is 32.8 Å². The Morgan fingerprint density at radius 2 is 1.62 bits per heavy atom. The highest BCUT2D eigenvalue weighted by Crippen LogP contribution is 2.49. The molecule has 3 fully saturated rings. The number of nitrogens with zero attached hydrogens (tertiary/aromatic N) is 1. The van der Waals surface area contributed by atoms with Crippen molar-refractivity contribution in [1.82, 2.24) is 10.2 Å². The van der Waals surface area contributed by atoms with E-state index in [-0.39, 0.29) is 17.2 Å². The van der Waals surface area contributed by atoms with Gasteiger partial charge in [-0.3, -0.25) is 9.59 Å². The van der Waals surface area contributed by atoms with Gasteiger partial charge in [-0.25, -0.2) is 0 Å². The number of aryl methyl sites for hydroxylation is 2. The minimum Gasteiger partial charge on any atom is -0.381 e. The fourth-order valence-electron chi connectivity index (χ4n) is 6.67. The Morgan fingerprint density at radius 1 is 0.971 bits per heavy atom. The summed E-state index contributed by atoms with van der Waals surface area (Å²) in [7, 11) is 0. The van der Waals surface area contributed by atoms with Crippen LogP contribution in [0.15, 0.2) is 48.5 Å². The number of nitrogens with one attached hydrogen (secondary N) is 1. The molecular formula is C29H36N2O3. The van der Waals surface area contributed by atoms with Gasteiger partial charge in [0.25, 0.3) is 0 Å². The molecule has 2 amide bonds. The molecule has 180 valence electrons. The molecule has 0 bridgehead atoms. The molecule has 5 rings (SSSR count). The number of hydrogen-bond acceptors (Lipinski definition) is 3. The first-order chi connectivity index (χ1) is 16.4. The number of piperidine rings is 2. The maximum absolute atomic E-state index is 14.2. The second-order valence-corrected chi connectivity index (χ2v) is 10.7. The van der Waals surface area contributed by atoms with Gasteiger partial charge in [-0.1, -0.05) is 59.7 Å². The van der Waals surface area contributed by atoms with Gasteiger partial charge in [-0.2, -0.15) is 0 Å². The Hall–Kier alpha value is -2.66. The molecule has 5 nitrogen and oxygen atoms in total. The zero-order chi connectivity index (χ0) is 23.8. The van der Waals surface area contributed by atoms with Crippen LogP contribution in [0.5, 0.6) is 0 Å². The zero-order valence-electron chi connectivity index (χ0n) is 20.4. The highest BCUT2D eigenvalue weighted by Gasteiger charge is 2.50. The van der Waals surface area contributed by atoms with Crippen molar-refractivity contribution in [2.24, 2.45) is 5.41 Å². The summed E-state index contributed by atoms with van der Waals surface area (Å²) in [6, 6.07) is 17.1. The van der Waals surface area contributed by atoms with Gasteiger partial charge in [0.1, 0.15) is 0 Å². The Balaban J connectivity index is 1.40. The van der Waals surface area contributed by atoms with E-state index in [1.165, 1.54) is 16.7 Å². The lowest BCUT2D eigenvalue weighted by Crippen LogP contribution is -2.56. The van der Waals surface area contributed by atoms with Crippen LogP contribution < -0.4 is 5.32 Å². The molecule has 0 saturated carbocycles. The van der Waals surface area contributed by atoms with Crippen LogP contribution in [0.4, 0.5) is 0 Å². The lowest BCUT2D eigenvalue weighted by Gasteiger charge is -2.50. The number of benzene rings is 2. The zero-order valence-corrected chi connectivity index (χ0v) is 20.4. The van der Waals surface area contributed by atoms with Crippen molar-refractivity contribution >= 4 is 11.8 Å². The van der Waals surface area contributed by atoms with Gasteiger partial charge >= 0.3 is 0 Å². The normalized spacial score (nSPS) is 24.0. The number of likely N-dealkylation sites (tertiary alicyclic amines) is 1. The van der Waals surface area contributed by atoms with Crippen molar-refractivity contribution in [3.05, 3.63) is 70.8 Å². The minimum absolute atomic E-state index is 0.0801. The molecule has 0 aliphatic carbocycles. The Labute approximate surface area is 202 Å². The summed E-state index contributed by atoms with van der Waals surface area (Å²) in [5.41, 5.74) is 4.23. The molecule has 1 atom stereocenters. The van der Waals surface area contributed by atoms with Gasteiger partial charge in [-0.05, 0) is 56.1 Å². The summed E-state index contributed by atoms with van der Waals surface area (Å²) < 4.78 is 5.69. The van der Waals surface area contributed by atoms with Crippen molar-refractivity contribution in [1.29, 1.82) is 0 Å². The lowest BCUT2D eigenvalue weighted by molar-refractivity contribution is -0.145. The predicted molar refractivity (Wildman–Crippen MR) is 133 cm³/mol. The highest BCUT2D eigenvalue weighted by molar-refractivity contribution is 5.89. The molecule has 0 aromatic heterocycles. The quantitative estimate of drug-likeness (QED) is 0.745. The summed E-state index contributed by atoms with van der Waals surface area (Å²) in [5, 5.41) is 3.09. The fraction of sp³-hybridized carbons (Fsp3) is 0.517. The minimum atomic E-state index is -0.512. The number of amides is 2. The number of carbonyl (C=O) groups is 2. The van der Waals surface area contributed by atoms with Gasteiger partial charge in [0.05, 0.1) is 5.41 Å². The second-order valence-electron chi connectivity index (χ2n) is 10.7. The van der Waals surface area contributed by atoms with Crippen molar-refractivity contribution in [3.8, 4) is 0 Å². The van der Waals surface area contributed by atoms with E-state index in [0.717, 1.165) is 31.2 Å². The van der Waals surface area contributed by atoms with Crippen LogP contribution >= 0.6 is 0 Å². The van der Waals surface area contributed by atoms with E-state index in [2.05, 4.69) is 66.5 Å². The average Bonchev–Trinajstić information content (AvgIpc) is 2.84. The summed E-state index contributed by atoms with van der Waals surface area (Å²) in [6.45, 7) is 7.55. The number of carbonyl (C=O) groups excluding carboxylic acids is 2. The molecule has 1 spiro atoms. The van der Waals surface area contributed by atoms with Gasteiger partial charge < -0.3 is 15.0 Å². The predicted octanol–water partition coefficient (Wildman–Crippen LogP) is 4.26. The van der Waals surface area contributed by atoms with Crippen LogP contribution in [-0.2, 0) is 19.7 Å². The topological polar surface area (TPSA) is 58.6 Å². The third-order valence-corrected chi connectivity index (χ3v) is 8.53. The van der Waals surface area contributed by atoms with Gasteiger partial charge in [-0.15, -0.1) is 0 Å². The summed E-state index contributed by atoms with van der Waals surface area (Å²) in [5.74, 6) is 0.676. The van der Waals surface area contributed by atoms with E-state index >= 15 is 0 Å². The monoisotopic (exact) mass is 460 g/mol.